The molecule has 0 unspecified atom stereocenters. The second kappa shape index (κ2) is 7.16. The van der Waals surface area contributed by atoms with Gasteiger partial charge in [0.05, 0.1) is 18.2 Å². The molecule has 1 N–H and O–H groups in total. The predicted molar refractivity (Wildman–Crippen MR) is 91.3 cm³/mol. The molecule has 0 spiro atoms. The third-order valence-corrected chi connectivity index (χ3v) is 5.33. The van der Waals surface area contributed by atoms with E-state index in [0.29, 0.717) is 6.42 Å². The van der Waals surface area contributed by atoms with Crippen LogP contribution in [0.5, 0.6) is 0 Å². The number of Topliss-reactive ketones (excluding diaryl/α,β-unsaturated/α-hetero) is 1. The van der Waals surface area contributed by atoms with Crippen LogP contribution in [-0.2, 0) is 17.6 Å². The van der Waals surface area contributed by atoms with Crippen LogP contribution in [0.4, 0.5) is 0 Å². The molecule has 0 bridgehead atoms. The van der Waals surface area contributed by atoms with E-state index < -0.39 is 0 Å². The highest BCUT2D eigenvalue weighted by Crippen LogP contribution is 2.29. The Hall–Kier alpha value is -1.52. The molecule has 3 rings (SSSR count). The molecule has 2 aromatic rings. The number of nitrogens with zero attached hydrogens (tertiary/aromatic N) is 1. The minimum Gasteiger partial charge on any atom is -0.307 e. The second-order valence-electron chi connectivity index (χ2n) is 5.74. The molecule has 22 heavy (non-hydrogen) atoms. The molecule has 116 valence electrons. The van der Waals surface area contributed by atoms with Crippen molar-refractivity contribution in [3.05, 3.63) is 40.2 Å². The molecule has 1 fully saturated rings. The van der Waals surface area contributed by atoms with Crippen molar-refractivity contribution in [2.24, 2.45) is 0 Å². The number of hydrogen-bond donors (Lipinski definition) is 1. The first-order chi connectivity index (χ1) is 10.8. The number of hydrogen-bond acceptors (Lipinski definition) is 4. The van der Waals surface area contributed by atoms with Crippen LogP contribution >= 0.6 is 11.3 Å². The van der Waals surface area contributed by atoms with Gasteiger partial charge in [-0.3, -0.25) is 4.79 Å². The Morgan fingerprint density at radius 3 is 2.82 bits per heavy atom. The van der Waals surface area contributed by atoms with Gasteiger partial charge in [-0.25, -0.2) is 4.98 Å². The predicted octanol–water partition coefficient (Wildman–Crippen LogP) is 3.63. The lowest BCUT2D eigenvalue weighted by atomic mass is 9.99. The Labute approximate surface area is 135 Å². The summed E-state index contributed by atoms with van der Waals surface area (Å²) in [6.45, 7) is 3.11. The van der Waals surface area contributed by atoms with Crippen LogP contribution in [-0.4, -0.2) is 23.4 Å². The van der Waals surface area contributed by atoms with Crippen molar-refractivity contribution < 1.29 is 4.79 Å². The van der Waals surface area contributed by atoms with Crippen LogP contribution in [0, 0.1) is 0 Å². The summed E-state index contributed by atoms with van der Waals surface area (Å²) in [4.78, 5) is 18.4. The number of aryl methyl sites for hydroxylation is 1. The fourth-order valence-corrected chi connectivity index (χ4v) is 3.98. The first kappa shape index (κ1) is 15.4. The van der Waals surface area contributed by atoms with Crippen molar-refractivity contribution in [2.45, 2.75) is 45.1 Å². The monoisotopic (exact) mass is 314 g/mol. The molecule has 0 aliphatic carbocycles. The van der Waals surface area contributed by atoms with Gasteiger partial charge in [0.25, 0.3) is 0 Å². The number of carbonyl (C=O) groups excluding carboxylic acids is 1. The zero-order chi connectivity index (χ0) is 15.4. The summed E-state index contributed by atoms with van der Waals surface area (Å²) in [6.07, 6.45) is 4.71. The normalized spacial score (nSPS) is 18.3. The molecule has 2 heterocycles. The molecule has 1 aromatic carbocycles. The SMILES string of the molecule is CCc1sc(CC(=O)[C@@H]2CCCCN2)nc1-c1ccccc1. The molecule has 1 saturated heterocycles. The number of rotatable bonds is 5. The zero-order valence-electron chi connectivity index (χ0n) is 13.0. The molecule has 1 aliphatic rings. The van der Waals surface area contributed by atoms with E-state index in [2.05, 4.69) is 24.4 Å². The third kappa shape index (κ3) is 3.45. The van der Waals surface area contributed by atoms with E-state index in [9.17, 15) is 4.79 Å². The molecule has 1 aromatic heterocycles. The van der Waals surface area contributed by atoms with Crippen LogP contribution in [0.3, 0.4) is 0 Å². The van der Waals surface area contributed by atoms with Crippen LogP contribution in [0.25, 0.3) is 11.3 Å². The van der Waals surface area contributed by atoms with Gasteiger partial charge in [-0.05, 0) is 25.8 Å². The minimum atomic E-state index is 0.0305. The average Bonchev–Trinajstić information content (AvgIpc) is 2.99. The van der Waals surface area contributed by atoms with Crippen molar-refractivity contribution in [2.75, 3.05) is 6.54 Å². The van der Waals surface area contributed by atoms with Gasteiger partial charge < -0.3 is 5.32 Å². The Kier molecular flexibility index (Phi) is 5.01. The number of thiazole rings is 1. The van der Waals surface area contributed by atoms with Gasteiger partial charge >= 0.3 is 0 Å². The number of ketones is 1. The van der Waals surface area contributed by atoms with Gasteiger partial charge in [-0.15, -0.1) is 11.3 Å². The smallest absolute Gasteiger partial charge is 0.156 e. The van der Waals surface area contributed by atoms with Gasteiger partial charge in [-0.2, -0.15) is 0 Å². The highest BCUT2D eigenvalue weighted by atomic mass is 32.1. The Bertz CT molecular complexity index is 630. The van der Waals surface area contributed by atoms with Crippen molar-refractivity contribution >= 4 is 17.1 Å². The summed E-state index contributed by atoms with van der Waals surface area (Å²) in [5, 5.41) is 4.29. The largest absolute Gasteiger partial charge is 0.307 e. The first-order valence-corrected chi connectivity index (χ1v) is 8.89. The maximum absolute atomic E-state index is 12.4. The molecule has 1 atom stereocenters. The zero-order valence-corrected chi connectivity index (χ0v) is 13.8. The summed E-state index contributed by atoms with van der Waals surface area (Å²) >= 11 is 1.69. The molecule has 0 saturated carbocycles. The highest BCUT2D eigenvalue weighted by Gasteiger charge is 2.22. The van der Waals surface area contributed by atoms with Gasteiger partial charge in [0, 0.05) is 10.4 Å². The summed E-state index contributed by atoms with van der Waals surface area (Å²) in [6, 6.07) is 10.3. The van der Waals surface area contributed by atoms with Crippen LogP contribution in [0.15, 0.2) is 30.3 Å². The number of piperidine rings is 1. The van der Waals surface area contributed by atoms with Gasteiger partial charge in [0.15, 0.2) is 5.78 Å². The van der Waals surface area contributed by atoms with Crippen molar-refractivity contribution in [3.63, 3.8) is 0 Å². The number of carbonyl (C=O) groups is 1. The molecular weight excluding hydrogens is 292 g/mol. The van der Waals surface area contributed by atoms with Gasteiger partial charge in [0.1, 0.15) is 5.01 Å². The minimum absolute atomic E-state index is 0.0305. The van der Waals surface area contributed by atoms with E-state index in [1.54, 1.807) is 11.3 Å². The highest BCUT2D eigenvalue weighted by molar-refractivity contribution is 7.12. The molecular formula is C18H22N2OS. The van der Waals surface area contributed by atoms with E-state index in [1.807, 2.05) is 18.2 Å². The quantitative estimate of drug-likeness (QED) is 0.916. The van der Waals surface area contributed by atoms with Gasteiger partial charge in [-0.1, -0.05) is 43.7 Å². The van der Waals surface area contributed by atoms with E-state index in [-0.39, 0.29) is 11.8 Å². The standard InChI is InChI=1S/C18H22N2OS/c1-2-16-18(13-8-4-3-5-9-13)20-17(22-16)12-15(21)14-10-6-7-11-19-14/h3-5,8-9,14,19H,2,6-7,10-12H2,1H3/t14-/m0/s1. The molecule has 3 nitrogen and oxygen atoms in total. The molecule has 1 aliphatic heterocycles. The lowest BCUT2D eigenvalue weighted by Gasteiger charge is -2.21. The van der Waals surface area contributed by atoms with E-state index in [1.165, 1.54) is 11.3 Å². The van der Waals surface area contributed by atoms with Crippen molar-refractivity contribution in [3.8, 4) is 11.3 Å². The van der Waals surface area contributed by atoms with Crippen molar-refractivity contribution in [1.29, 1.82) is 0 Å². The average molecular weight is 314 g/mol. The van der Waals surface area contributed by atoms with Crippen molar-refractivity contribution in [1.82, 2.24) is 10.3 Å². The van der Waals surface area contributed by atoms with Crippen LogP contribution < -0.4 is 5.32 Å². The Morgan fingerprint density at radius 1 is 1.32 bits per heavy atom. The lowest BCUT2D eigenvalue weighted by molar-refractivity contribution is -0.120. The Balaban J connectivity index is 1.77. The fourth-order valence-electron chi connectivity index (χ4n) is 2.94. The summed E-state index contributed by atoms with van der Waals surface area (Å²) in [7, 11) is 0. The maximum atomic E-state index is 12.4. The first-order valence-electron chi connectivity index (χ1n) is 8.08. The third-order valence-electron chi connectivity index (χ3n) is 4.13. The molecule has 4 heteroatoms. The maximum Gasteiger partial charge on any atom is 0.156 e. The summed E-state index contributed by atoms with van der Waals surface area (Å²) in [5.74, 6) is 0.288. The second-order valence-corrected chi connectivity index (χ2v) is 6.91. The van der Waals surface area contributed by atoms with Gasteiger partial charge in [0.2, 0.25) is 0 Å². The Morgan fingerprint density at radius 2 is 2.14 bits per heavy atom. The summed E-state index contributed by atoms with van der Waals surface area (Å²) < 4.78 is 0. The number of nitrogens with one attached hydrogen (secondary N) is 1. The molecule has 0 amide bonds. The summed E-state index contributed by atoms with van der Waals surface area (Å²) in [5.41, 5.74) is 2.19. The lowest BCUT2D eigenvalue weighted by Crippen LogP contribution is -2.41. The van der Waals surface area contributed by atoms with E-state index in [4.69, 9.17) is 4.98 Å². The molecule has 0 radical (unpaired) electrons. The van der Waals surface area contributed by atoms with E-state index in [0.717, 1.165) is 42.1 Å². The topological polar surface area (TPSA) is 42.0 Å². The van der Waals surface area contributed by atoms with E-state index >= 15 is 0 Å². The van der Waals surface area contributed by atoms with Crippen LogP contribution in [0.2, 0.25) is 0 Å². The van der Waals surface area contributed by atoms with Crippen LogP contribution in [0.1, 0.15) is 36.1 Å². The number of benzene rings is 1. The fraction of sp³-hybridized carbons (Fsp3) is 0.444. The number of aromatic nitrogens is 1.